The van der Waals surface area contributed by atoms with Crippen LogP contribution in [0.15, 0.2) is 36.4 Å². The van der Waals surface area contributed by atoms with Gasteiger partial charge in [0.2, 0.25) is 5.95 Å². The summed E-state index contributed by atoms with van der Waals surface area (Å²) >= 11 is 0. The molecule has 30 heavy (non-hydrogen) atoms. The van der Waals surface area contributed by atoms with Crippen LogP contribution in [0.3, 0.4) is 0 Å². The number of hydrogen-bond acceptors (Lipinski definition) is 5. The van der Waals surface area contributed by atoms with Crippen LogP contribution < -0.4 is 5.73 Å². The largest absolute Gasteiger partial charge is 0.433 e. The minimum atomic E-state index is -4.65. The lowest BCUT2D eigenvalue weighted by Crippen LogP contribution is -2.10. The molecule has 0 spiro atoms. The van der Waals surface area contributed by atoms with Gasteiger partial charge >= 0.3 is 6.18 Å². The lowest BCUT2D eigenvalue weighted by molar-refractivity contribution is -0.141. The summed E-state index contributed by atoms with van der Waals surface area (Å²) in [5.41, 5.74) is 5.79. The Morgan fingerprint density at radius 3 is 2.47 bits per heavy atom. The van der Waals surface area contributed by atoms with Crippen molar-refractivity contribution in [3.05, 3.63) is 59.4 Å². The number of nitrogens with two attached hydrogens (primary N) is 1. The monoisotopic (exact) mass is 416 g/mol. The van der Waals surface area contributed by atoms with Crippen LogP contribution in [0.25, 0.3) is 28.0 Å². The van der Waals surface area contributed by atoms with Gasteiger partial charge in [-0.2, -0.15) is 17.7 Å². The number of benzene rings is 1. The molecule has 1 aromatic carbocycles. The molecule has 154 valence electrons. The molecule has 2 N–H and O–H groups in total. The third-order valence-corrected chi connectivity index (χ3v) is 4.53. The van der Waals surface area contributed by atoms with Gasteiger partial charge in [-0.3, -0.25) is 0 Å². The average molecular weight is 416 g/mol. The summed E-state index contributed by atoms with van der Waals surface area (Å²) in [7, 11) is 0. The summed E-state index contributed by atoms with van der Waals surface area (Å²) in [6.07, 6.45) is -4.18. The maximum atomic E-state index is 14.6. The second-order valence-corrected chi connectivity index (χ2v) is 6.67. The molecule has 4 aromatic rings. The van der Waals surface area contributed by atoms with Crippen LogP contribution in [0.4, 0.5) is 23.5 Å². The topological polar surface area (TPSA) is 82.0 Å². The van der Waals surface area contributed by atoms with E-state index in [1.54, 1.807) is 6.07 Å². The molecular weight excluding hydrogens is 400 g/mol. The van der Waals surface area contributed by atoms with Crippen molar-refractivity contribution in [1.82, 2.24) is 24.6 Å². The van der Waals surface area contributed by atoms with E-state index in [1.165, 1.54) is 35.7 Å². The van der Waals surface area contributed by atoms with Crippen LogP contribution in [0.1, 0.15) is 24.1 Å². The number of aromatic nitrogens is 5. The van der Waals surface area contributed by atoms with Gasteiger partial charge in [0.25, 0.3) is 0 Å². The molecule has 0 saturated heterocycles. The molecule has 0 atom stereocenters. The molecule has 10 heteroatoms. The maximum absolute atomic E-state index is 14.6. The van der Waals surface area contributed by atoms with Crippen molar-refractivity contribution in [2.75, 3.05) is 5.73 Å². The van der Waals surface area contributed by atoms with Gasteiger partial charge in [-0.1, -0.05) is 19.1 Å². The van der Waals surface area contributed by atoms with Gasteiger partial charge in [0, 0.05) is 17.7 Å². The molecule has 3 aromatic heterocycles. The van der Waals surface area contributed by atoms with Crippen molar-refractivity contribution in [2.45, 2.75) is 26.4 Å². The van der Waals surface area contributed by atoms with E-state index < -0.39 is 17.7 Å². The smallest absolute Gasteiger partial charge is 0.368 e. The Hall–Kier alpha value is -3.56. The highest BCUT2D eigenvalue weighted by molar-refractivity contribution is 5.91. The summed E-state index contributed by atoms with van der Waals surface area (Å²) in [5.74, 6) is -0.217. The Kier molecular flexibility index (Phi) is 4.64. The Balaban J connectivity index is 2.14. The first-order valence-electron chi connectivity index (χ1n) is 9.05. The fourth-order valence-corrected chi connectivity index (χ4v) is 3.22. The summed E-state index contributed by atoms with van der Waals surface area (Å²) in [6.45, 7) is 3.28. The molecular formula is C20H16F4N6. The van der Waals surface area contributed by atoms with Crippen molar-refractivity contribution >= 4 is 11.6 Å². The fourth-order valence-electron chi connectivity index (χ4n) is 3.22. The summed E-state index contributed by atoms with van der Waals surface area (Å²) in [5, 5.41) is 4.25. The fraction of sp³-hybridized carbons (Fsp3) is 0.200. The van der Waals surface area contributed by atoms with E-state index in [-0.39, 0.29) is 39.7 Å². The summed E-state index contributed by atoms with van der Waals surface area (Å²) < 4.78 is 56.0. The van der Waals surface area contributed by atoms with Crippen LogP contribution in [-0.2, 0) is 12.6 Å². The molecule has 0 aliphatic carbocycles. The summed E-state index contributed by atoms with van der Waals surface area (Å²) in [6, 6.07) is 8.18. The standard InChI is InChI=1S/C20H16F4N6/c1-3-15-27-18-16(11-8-10(2)26-14(9-11)20(22,23)24)17(28-19(25)30(18)29-15)12-6-4-5-7-13(12)21/h4-9H,3H2,1-2H3,(H2,25,28). The molecule has 0 unspecified atom stereocenters. The Labute approximate surface area is 168 Å². The maximum Gasteiger partial charge on any atom is 0.433 e. The van der Waals surface area contributed by atoms with E-state index >= 15 is 0 Å². The Morgan fingerprint density at radius 1 is 1.07 bits per heavy atom. The molecule has 0 aliphatic rings. The van der Waals surface area contributed by atoms with Crippen molar-refractivity contribution in [3.63, 3.8) is 0 Å². The van der Waals surface area contributed by atoms with E-state index in [2.05, 4.69) is 20.1 Å². The van der Waals surface area contributed by atoms with Gasteiger partial charge in [0.15, 0.2) is 11.5 Å². The zero-order chi connectivity index (χ0) is 21.6. The number of alkyl halides is 3. The van der Waals surface area contributed by atoms with Crippen LogP contribution in [0.2, 0.25) is 0 Å². The van der Waals surface area contributed by atoms with Gasteiger partial charge in [0.1, 0.15) is 11.5 Å². The van der Waals surface area contributed by atoms with E-state index in [0.29, 0.717) is 12.2 Å². The molecule has 0 saturated carbocycles. The van der Waals surface area contributed by atoms with Crippen LogP contribution >= 0.6 is 0 Å². The average Bonchev–Trinajstić information content (AvgIpc) is 3.12. The van der Waals surface area contributed by atoms with Crippen molar-refractivity contribution in [3.8, 4) is 22.4 Å². The number of pyridine rings is 1. The number of halogens is 4. The minimum absolute atomic E-state index is 0.0546. The van der Waals surface area contributed by atoms with Gasteiger partial charge in [0.05, 0.1) is 11.3 Å². The molecule has 6 nitrogen and oxygen atoms in total. The van der Waals surface area contributed by atoms with Crippen molar-refractivity contribution in [1.29, 1.82) is 0 Å². The normalized spacial score (nSPS) is 11.9. The number of hydrogen-bond donors (Lipinski definition) is 1. The van der Waals surface area contributed by atoms with Gasteiger partial charge in [-0.05, 0) is 36.8 Å². The molecule has 0 fully saturated rings. The van der Waals surface area contributed by atoms with E-state index in [9.17, 15) is 17.6 Å². The van der Waals surface area contributed by atoms with Crippen molar-refractivity contribution < 1.29 is 17.6 Å². The predicted octanol–water partition coefficient (Wildman–Crippen LogP) is 4.46. The van der Waals surface area contributed by atoms with E-state index in [0.717, 1.165) is 6.07 Å². The lowest BCUT2D eigenvalue weighted by Gasteiger charge is -2.14. The number of anilines is 1. The zero-order valence-electron chi connectivity index (χ0n) is 16.0. The second-order valence-electron chi connectivity index (χ2n) is 6.67. The number of aryl methyl sites for hydroxylation is 2. The number of rotatable bonds is 3. The molecule has 0 aliphatic heterocycles. The first kappa shape index (κ1) is 19.7. The minimum Gasteiger partial charge on any atom is -0.368 e. The Morgan fingerprint density at radius 2 is 1.80 bits per heavy atom. The number of fused-ring (bicyclic) bond motifs is 1. The molecule has 3 heterocycles. The van der Waals surface area contributed by atoms with Crippen LogP contribution in [0.5, 0.6) is 0 Å². The van der Waals surface area contributed by atoms with Crippen molar-refractivity contribution in [2.24, 2.45) is 0 Å². The number of nitrogen functional groups attached to an aromatic ring is 1. The molecule has 0 radical (unpaired) electrons. The SMILES string of the molecule is CCc1nc2c(-c3cc(C)nc(C(F)(F)F)c3)c(-c3ccccc3F)nc(N)n2n1. The van der Waals surface area contributed by atoms with Gasteiger partial charge < -0.3 is 5.73 Å². The first-order valence-corrected chi connectivity index (χ1v) is 9.05. The third-order valence-electron chi connectivity index (χ3n) is 4.53. The van der Waals surface area contributed by atoms with Crippen LogP contribution in [0, 0.1) is 12.7 Å². The summed E-state index contributed by atoms with van der Waals surface area (Å²) in [4.78, 5) is 12.3. The number of nitrogens with zero attached hydrogens (tertiary/aromatic N) is 5. The third kappa shape index (κ3) is 3.34. The second kappa shape index (κ2) is 7.05. The highest BCUT2D eigenvalue weighted by atomic mass is 19.4. The zero-order valence-corrected chi connectivity index (χ0v) is 16.0. The van der Waals surface area contributed by atoms with Gasteiger partial charge in [-0.15, -0.1) is 5.10 Å². The molecule has 0 bridgehead atoms. The van der Waals surface area contributed by atoms with Gasteiger partial charge in [-0.25, -0.2) is 19.3 Å². The molecule has 0 amide bonds. The first-order chi connectivity index (χ1) is 14.2. The van der Waals surface area contributed by atoms with E-state index in [1.807, 2.05) is 6.92 Å². The lowest BCUT2D eigenvalue weighted by atomic mass is 9.99. The Bertz CT molecular complexity index is 1260. The predicted molar refractivity (Wildman–Crippen MR) is 103 cm³/mol. The van der Waals surface area contributed by atoms with Crippen LogP contribution in [-0.4, -0.2) is 24.6 Å². The van der Waals surface area contributed by atoms with E-state index in [4.69, 9.17) is 5.73 Å². The quantitative estimate of drug-likeness (QED) is 0.499. The highest BCUT2D eigenvalue weighted by Gasteiger charge is 2.34. The molecule has 4 rings (SSSR count). The highest BCUT2D eigenvalue weighted by Crippen LogP contribution is 2.38.